The van der Waals surface area contributed by atoms with Crippen LogP contribution in [0.3, 0.4) is 0 Å². The highest BCUT2D eigenvalue weighted by molar-refractivity contribution is 5.87. The molecule has 2 aromatic rings. The monoisotopic (exact) mass is 251 g/mol. The van der Waals surface area contributed by atoms with E-state index in [4.69, 9.17) is 10.2 Å². The number of rotatable bonds is 5. The first-order valence-electron chi connectivity index (χ1n) is 4.93. The minimum atomic E-state index is -1.27. The lowest BCUT2D eigenvalue weighted by molar-refractivity contribution is -0.144. The maximum atomic E-state index is 10.9. The van der Waals surface area contributed by atoms with E-state index < -0.39 is 24.4 Å². The van der Waals surface area contributed by atoms with Crippen LogP contribution < -0.4 is 5.32 Å². The summed E-state index contributed by atoms with van der Waals surface area (Å²) in [6, 6.07) is -1.27. The maximum absolute atomic E-state index is 10.9. The van der Waals surface area contributed by atoms with Gasteiger partial charge < -0.3 is 20.5 Å². The molecule has 2 rings (SSSR count). The van der Waals surface area contributed by atoms with Crippen molar-refractivity contribution in [3.63, 3.8) is 0 Å². The van der Waals surface area contributed by atoms with Gasteiger partial charge in [-0.1, -0.05) is 0 Å². The molecule has 1 atom stereocenters. The fourth-order valence-corrected chi connectivity index (χ4v) is 1.41. The second-order valence-electron chi connectivity index (χ2n) is 3.46. The Hall–Kier alpha value is -2.71. The van der Waals surface area contributed by atoms with Crippen LogP contribution in [0.15, 0.2) is 12.7 Å². The van der Waals surface area contributed by atoms with Gasteiger partial charge in [0.2, 0.25) is 0 Å². The predicted molar refractivity (Wildman–Crippen MR) is 59.0 cm³/mol. The zero-order valence-electron chi connectivity index (χ0n) is 8.99. The Balaban J connectivity index is 2.28. The van der Waals surface area contributed by atoms with Crippen molar-refractivity contribution in [2.24, 2.45) is 0 Å². The van der Waals surface area contributed by atoms with Crippen molar-refractivity contribution < 1.29 is 19.8 Å². The number of imidazole rings is 1. The summed E-state index contributed by atoms with van der Waals surface area (Å²) in [5.41, 5.74) is 0.793. The molecule has 0 aliphatic heterocycles. The Morgan fingerprint density at radius 1 is 1.33 bits per heavy atom. The van der Waals surface area contributed by atoms with Gasteiger partial charge >= 0.3 is 11.9 Å². The number of fused-ring (bicyclic) bond motifs is 1. The summed E-state index contributed by atoms with van der Waals surface area (Å²) in [6.45, 7) is 0. The van der Waals surface area contributed by atoms with Crippen LogP contribution in [0.1, 0.15) is 6.42 Å². The minimum Gasteiger partial charge on any atom is -0.481 e. The lowest BCUT2D eigenvalue weighted by Crippen LogP contribution is -2.32. The van der Waals surface area contributed by atoms with Crippen molar-refractivity contribution in [1.82, 2.24) is 19.9 Å². The van der Waals surface area contributed by atoms with E-state index in [-0.39, 0.29) is 5.82 Å². The van der Waals surface area contributed by atoms with Crippen LogP contribution >= 0.6 is 0 Å². The van der Waals surface area contributed by atoms with Crippen molar-refractivity contribution in [3.05, 3.63) is 12.7 Å². The van der Waals surface area contributed by atoms with Crippen LogP contribution in [0.4, 0.5) is 5.82 Å². The Morgan fingerprint density at radius 2 is 2.11 bits per heavy atom. The quantitative estimate of drug-likeness (QED) is 0.567. The molecule has 0 aromatic carbocycles. The van der Waals surface area contributed by atoms with Gasteiger partial charge in [0.25, 0.3) is 0 Å². The molecule has 0 saturated carbocycles. The van der Waals surface area contributed by atoms with Crippen LogP contribution in [0.5, 0.6) is 0 Å². The molecule has 0 aliphatic rings. The van der Waals surface area contributed by atoms with E-state index in [0.717, 1.165) is 0 Å². The first-order chi connectivity index (χ1) is 8.58. The zero-order valence-corrected chi connectivity index (χ0v) is 8.99. The summed E-state index contributed by atoms with van der Waals surface area (Å²) < 4.78 is 0. The van der Waals surface area contributed by atoms with Gasteiger partial charge in [0, 0.05) is 0 Å². The highest BCUT2D eigenvalue weighted by Crippen LogP contribution is 2.16. The third-order valence-electron chi connectivity index (χ3n) is 2.21. The minimum absolute atomic E-state index is 0.200. The largest absolute Gasteiger partial charge is 0.481 e. The number of aromatic amines is 1. The standard InChI is InChI=1S/C9H9N5O4/c15-5(16)1-4(9(17)18)14-8-6-7(11-2-10-6)12-3-13-8/h2-4H,1H2,(H,15,16)(H,17,18)(H2,10,11,12,13,14). The molecule has 0 bridgehead atoms. The topological polar surface area (TPSA) is 141 Å². The van der Waals surface area contributed by atoms with Crippen molar-refractivity contribution >= 4 is 28.9 Å². The Kier molecular flexibility index (Phi) is 3.04. The van der Waals surface area contributed by atoms with Gasteiger partial charge in [-0.3, -0.25) is 4.79 Å². The maximum Gasteiger partial charge on any atom is 0.326 e. The summed E-state index contributed by atoms with van der Waals surface area (Å²) >= 11 is 0. The molecule has 2 heterocycles. The smallest absolute Gasteiger partial charge is 0.326 e. The van der Waals surface area contributed by atoms with Crippen LogP contribution in [0, 0.1) is 0 Å². The van der Waals surface area contributed by atoms with Crippen molar-refractivity contribution in [3.8, 4) is 0 Å². The molecular formula is C9H9N5O4. The number of aliphatic carboxylic acids is 2. The molecule has 18 heavy (non-hydrogen) atoms. The van der Waals surface area contributed by atoms with Crippen LogP contribution in [0.2, 0.25) is 0 Å². The summed E-state index contributed by atoms with van der Waals surface area (Å²) in [4.78, 5) is 35.8. The van der Waals surface area contributed by atoms with E-state index in [1.807, 2.05) is 0 Å². The number of carboxylic acids is 2. The molecule has 0 spiro atoms. The number of nitrogens with one attached hydrogen (secondary N) is 2. The number of hydrogen-bond donors (Lipinski definition) is 4. The molecule has 2 aromatic heterocycles. The van der Waals surface area contributed by atoms with E-state index in [1.54, 1.807) is 0 Å². The average Bonchev–Trinajstić information content (AvgIpc) is 2.76. The predicted octanol–water partition coefficient (Wildman–Crippen LogP) is -0.307. The number of anilines is 1. The molecule has 0 aliphatic carbocycles. The SMILES string of the molecule is O=C(O)CC(Nc1ncnc2nc[nH]c12)C(=O)O. The van der Waals surface area contributed by atoms with E-state index >= 15 is 0 Å². The fourth-order valence-electron chi connectivity index (χ4n) is 1.41. The summed E-state index contributed by atoms with van der Waals surface area (Å²) in [6.07, 6.45) is 2.04. The molecule has 94 valence electrons. The van der Waals surface area contributed by atoms with E-state index in [0.29, 0.717) is 11.2 Å². The Morgan fingerprint density at radius 3 is 2.78 bits per heavy atom. The fraction of sp³-hybridized carbons (Fsp3) is 0.222. The summed E-state index contributed by atoms with van der Waals surface area (Å²) in [5.74, 6) is -2.29. The lowest BCUT2D eigenvalue weighted by Gasteiger charge is -2.12. The molecule has 9 heteroatoms. The summed E-state index contributed by atoms with van der Waals surface area (Å²) in [5, 5.41) is 20.1. The van der Waals surface area contributed by atoms with Gasteiger partial charge in [0.15, 0.2) is 11.5 Å². The van der Waals surface area contributed by atoms with Crippen LogP contribution in [0.25, 0.3) is 11.2 Å². The number of aromatic nitrogens is 4. The Labute approximate surface area is 99.9 Å². The summed E-state index contributed by atoms with van der Waals surface area (Å²) in [7, 11) is 0. The van der Waals surface area contributed by atoms with Gasteiger partial charge in [0.1, 0.15) is 17.9 Å². The first-order valence-corrected chi connectivity index (χ1v) is 4.93. The van der Waals surface area contributed by atoms with Gasteiger partial charge in [0.05, 0.1) is 12.7 Å². The molecule has 0 amide bonds. The highest BCUT2D eigenvalue weighted by atomic mass is 16.4. The van der Waals surface area contributed by atoms with Gasteiger partial charge in [-0.25, -0.2) is 19.7 Å². The molecule has 9 nitrogen and oxygen atoms in total. The lowest BCUT2D eigenvalue weighted by atomic mass is 10.2. The first kappa shape index (κ1) is 11.8. The van der Waals surface area contributed by atoms with Crippen LogP contribution in [-0.2, 0) is 9.59 Å². The number of nitrogens with zero attached hydrogens (tertiary/aromatic N) is 3. The molecule has 4 N–H and O–H groups in total. The molecule has 0 saturated heterocycles. The van der Waals surface area contributed by atoms with Gasteiger partial charge in [-0.15, -0.1) is 0 Å². The van der Waals surface area contributed by atoms with E-state index in [1.165, 1.54) is 12.7 Å². The van der Waals surface area contributed by atoms with Crippen molar-refractivity contribution in [1.29, 1.82) is 0 Å². The van der Waals surface area contributed by atoms with E-state index in [2.05, 4.69) is 25.3 Å². The van der Waals surface area contributed by atoms with Crippen molar-refractivity contribution in [2.75, 3.05) is 5.32 Å². The zero-order chi connectivity index (χ0) is 13.1. The van der Waals surface area contributed by atoms with Crippen LogP contribution in [-0.4, -0.2) is 48.1 Å². The molecular weight excluding hydrogens is 242 g/mol. The number of carbonyl (C=O) groups is 2. The number of H-pyrrole nitrogens is 1. The second-order valence-corrected chi connectivity index (χ2v) is 3.46. The highest BCUT2D eigenvalue weighted by Gasteiger charge is 2.22. The second kappa shape index (κ2) is 4.65. The van der Waals surface area contributed by atoms with E-state index in [9.17, 15) is 9.59 Å². The average molecular weight is 251 g/mol. The molecule has 1 unspecified atom stereocenters. The Bertz CT molecular complexity index is 595. The van der Waals surface area contributed by atoms with Gasteiger partial charge in [-0.2, -0.15) is 0 Å². The number of carboxylic acid groups (broad SMARTS) is 2. The molecule has 0 radical (unpaired) electrons. The third kappa shape index (κ3) is 2.34. The normalized spacial score (nSPS) is 12.2. The molecule has 0 fully saturated rings. The number of hydrogen-bond acceptors (Lipinski definition) is 6. The van der Waals surface area contributed by atoms with Gasteiger partial charge in [-0.05, 0) is 0 Å². The van der Waals surface area contributed by atoms with Crippen molar-refractivity contribution in [2.45, 2.75) is 12.5 Å². The third-order valence-corrected chi connectivity index (χ3v) is 2.21.